The van der Waals surface area contributed by atoms with E-state index in [4.69, 9.17) is 11.1 Å². The maximum atomic E-state index is 7.90. The van der Waals surface area contributed by atoms with Crippen molar-refractivity contribution in [1.82, 2.24) is 0 Å². The Morgan fingerprint density at radius 3 is 1.71 bits per heavy atom. The summed E-state index contributed by atoms with van der Waals surface area (Å²) in [4.78, 5) is 5.05. The molecule has 0 amide bonds. The summed E-state index contributed by atoms with van der Waals surface area (Å²) >= 11 is 0. The molecule has 0 spiro atoms. The molecule has 6 nitrogen and oxygen atoms in total. The van der Waals surface area contributed by atoms with Crippen molar-refractivity contribution in [2.24, 2.45) is 10.2 Å². The second kappa shape index (κ2) is 10.5. The predicted octanol–water partition coefficient (Wildman–Crippen LogP) is 2.17. The number of hydrogen-bond donors (Lipinski definition) is 0. The summed E-state index contributed by atoms with van der Waals surface area (Å²) in [6.45, 7) is 0.292. The standard InChI is InChI=1S/C8H6N6/c9-13-11-7-5-3-1-2-4-6-8-12-14-10/h1-2H,7-8H2/b2-1+. The number of azide groups is 2. The lowest BCUT2D eigenvalue weighted by Gasteiger charge is -1.69. The van der Waals surface area contributed by atoms with Gasteiger partial charge in [-0.25, -0.2) is 0 Å². The molecule has 0 saturated heterocycles. The summed E-state index contributed by atoms with van der Waals surface area (Å²) in [5.74, 6) is 10.4. The Morgan fingerprint density at radius 2 is 1.36 bits per heavy atom. The van der Waals surface area contributed by atoms with Gasteiger partial charge in [0.25, 0.3) is 0 Å². The fourth-order valence-corrected chi connectivity index (χ4v) is 0.426. The lowest BCUT2D eigenvalue weighted by molar-refractivity contribution is 1.25. The van der Waals surface area contributed by atoms with Gasteiger partial charge in [0.1, 0.15) is 0 Å². The van der Waals surface area contributed by atoms with Crippen LogP contribution in [0.5, 0.6) is 0 Å². The van der Waals surface area contributed by atoms with E-state index >= 15 is 0 Å². The van der Waals surface area contributed by atoms with E-state index in [1.165, 1.54) is 12.2 Å². The van der Waals surface area contributed by atoms with Crippen molar-refractivity contribution in [3.05, 3.63) is 33.0 Å². The van der Waals surface area contributed by atoms with Gasteiger partial charge in [-0.1, -0.05) is 33.9 Å². The van der Waals surface area contributed by atoms with Gasteiger partial charge in [0.2, 0.25) is 0 Å². The number of rotatable bonds is 2. The maximum absolute atomic E-state index is 7.90. The van der Waals surface area contributed by atoms with Crippen LogP contribution >= 0.6 is 0 Å². The minimum atomic E-state index is 0.146. The molecule has 0 aromatic carbocycles. The molecule has 0 saturated carbocycles. The van der Waals surface area contributed by atoms with E-state index in [2.05, 4.69) is 43.7 Å². The zero-order valence-corrected chi connectivity index (χ0v) is 7.25. The van der Waals surface area contributed by atoms with E-state index < -0.39 is 0 Å². The first kappa shape index (κ1) is 11.5. The van der Waals surface area contributed by atoms with Crippen LogP contribution < -0.4 is 0 Å². The van der Waals surface area contributed by atoms with Crippen LogP contribution in [0.1, 0.15) is 0 Å². The first-order chi connectivity index (χ1) is 6.91. The molecular formula is C8H6N6. The van der Waals surface area contributed by atoms with Gasteiger partial charge in [0.05, 0.1) is 13.1 Å². The van der Waals surface area contributed by atoms with Crippen molar-refractivity contribution in [3.63, 3.8) is 0 Å². The van der Waals surface area contributed by atoms with Crippen LogP contribution in [0, 0.1) is 23.7 Å². The maximum Gasteiger partial charge on any atom is 0.0880 e. The van der Waals surface area contributed by atoms with Crippen molar-refractivity contribution in [2.75, 3.05) is 13.1 Å². The second-order valence-corrected chi connectivity index (χ2v) is 1.75. The molecule has 0 rings (SSSR count). The van der Waals surface area contributed by atoms with E-state index in [-0.39, 0.29) is 13.1 Å². The van der Waals surface area contributed by atoms with Crippen molar-refractivity contribution in [2.45, 2.75) is 0 Å². The Hall–Kier alpha value is -2.52. The Morgan fingerprint density at radius 1 is 0.929 bits per heavy atom. The topological polar surface area (TPSA) is 97.5 Å². The monoisotopic (exact) mass is 186 g/mol. The highest BCUT2D eigenvalue weighted by Crippen LogP contribution is 1.71. The van der Waals surface area contributed by atoms with Gasteiger partial charge >= 0.3 is 0 Å². The zero-order valence-electron chi connectivity index (χ0n) is 7.25. The van der Waals surface area contributed by atoms with Gasteiger partial charge in [0, 0.05) is 9.82 Å². The molecule has 0 aromatic rings. The third-order valence-electron chi connectivity index (χ3n) is 0.880. The Bertz CT molecular complexity index is 361. The lowest BCUT2D eigenvalue weighted by atomic mass is 10.4. The summed E-state index contributed by atoms with van der Waals surface area (Å²) < 4.78 is 0. The zero-order chi connectivity index (χ0) is 10.5. The largest absolute Gasteiger partial charge is 0.0925 e. The highest BCUT2D eigenvalue weighted by molar-refractivity contribution is 5.25. The van der Waals surface area contributed by atoms with Gasteiger partial charge in [-0.15, -0.1) is 0 Å². The minimum Gasteiger partial charge on any atom is -0.0925 e. The molecule has 0 aromatic heterocycles. The SMILES string of the molecule is [N-]=[N+]=NCC#C/C=C/C#CCN=[N+]=[N-]. The highest BCUT2D eigenvalue weighted by atomic mass is 15.1. The molecule has 0 atom stereocenters. The molecule has 0 N–H and O–H groups in total. The fourth-order valence-electron chi connectivity index (χ4n) is 0.426. The van der Waals surface area contributed by atoms with Gasteiger partial charge in [0.15, 0.2) is 0 Å². The molecule has 0 bridgehead atoms. The van der Waals surface area contributed by atoms with Gasteiger partial charge in [-0.05, 0) is 23.2 Å². The first-order valence-corrected chi connectivity index (χ1v) is 3.55. The molecule has 0 aliphatic rings. The highest BCUT2D eigenvalue weighted by Gasteiger charge is 1.65. The minimum absolute atomic E-state index is 0.146. The van der Waals surface area contributed by atoms with Gasteiger partial charge in [-0.2, -0.15) is 0 Å². The van der Waals surface area contributed by atoms with Crippen LogP contribution in [-0.4, -0.2) is 13.1 Å². The van der Waals surface area contributed by atoms with E-state index in [9.17, 15) is 0 Å². The van der Waals surface area contributed by atoms with Crippen molar-refractivity contribution in [1.29, 1.82) is 0 Å². The third kappa shape index (κ3) is 9.48. The molecule has 0 fully saturated rings. The summed E-state index contributed by atoms with van der Waals surface area (Å²) in [6, 6.07) is 0. The second-order valence-electron chi connectivity index (χ2n) is 1.75. The van der Waals surface area contributed by atoms with Crippen LogP contribution in [0.25, 0.3) is 20.9 Å². The molecule has 0 unspecified atom stereocenters. The van der Waals surface area contributed by atoms with E-state index in [1.54, 1.807) is 0 Å². The summed E-state index contributed by atoms with van der Waals surface area (Å²) in [7, 11) is 0. The van der Waals surface area contributed by atoms with Crippen LogP contribution in [0.4, 0.5) is 0 Å². The molecule has 14 heavy (non-hydrogen) atoms. The third-order valence-corrected chi connectivity index (χ3v) is 0.880. The number of allylic oxidation sites excluding steroid dienone is 2. The molecular weight excluding hydrogens is 180 g/mol. The van der Waals surface area contributed by atoms with Crippen molar-refractivity contribution < 1.29 is 0 Å². The first-order valence-electron chi connectivity index (χ1n) is 3.55. The smallest absolute Gasteiger partial charge is 0.0880 e. The summed E-state index contributed by atoms with van der Waals surface area (Å²) in [5.41, 5.74) is 15.8. The Balaban J connectivity index is 3.79. The van der Waals surface area contributed by atoms with E-state index in [0.29, 0.717) is 0 Å². The average Bonchev–Trinajstić information content (AvgIpc) is 2.21. The van der Waals surface area contributed by atoms with Crippen LogP contribution in [0.15, 0.2) is 22.4 Å². The molecule has 68 valence electrons. The van der Waals surface area contributed by atoms with Crippen molar-refractivity contribution >= 4 is 0 Å². The average molecular weight is 186 g/mol. The molecule has 0 heterocycles. The fraction of sp³-hybridized carbons (Fsp3) is 0.250. The molecule has 6 heteroatoms. The van der Waals surface area contributed by atoms with E-state index in [1.807, 2.05) is 0 Å². The number of nitrogens with zero attached hydrogens (tertiary/aromatic N) is 6. The van der Waals surface area contributed by atoms with Crippen LogP contribution in [-0.2, 0) is 0 Å². The quantitative estimate of drug-likeness (QED) is 0.273. The lowest BCUT2D eigenvalue weighted by Crippen LogP contribution is -1.66. The van der Waals surface area contributed by atoms with Crippen LogP contribution in [0.2, 0.25) is 0 Å². The summed E-state index contributed by atoms with van der Waals surface area (Å²) in [5, 5.41) is 6.42. The van der Waals surface area contributed by atoms with Gasteiger partial charge in [-0.3, -0.25) is 0 Å². The molecule has 0 aliphatic heterocycles. The predicted molar refractivity (Wildman–Crippen MR) is 52.7 cm³/mol. The molecule has 0 aliphatic carbocycles. The van der Waals surface area contributed by atoms with Crippen LogP contribution in [0.3, 0.4) is 0 Å². The Labute approximate surface area is 80.9 Å². The van der Waals surface area contributed by atoms with E-state index in [0.717, 1.165) is 0 Å². The number of hydrogen-bond acceptors (Lipinski definition) is 2. The normalized spacial score (nSPS) is 7.14. The van der Waals surface area contributed by atoms with Crippen molar-refractivity contribution in [3.8, 4) is 23.7 Å². The summed E-state index contributed by atoms with van der Waals surface area (Å²) in [6.07, 6.45) is 3.05. The molecule has 0 radical (unpaired) electrons. The van der Waals surface area contributed by atoms with Gasteiger partial charge < -0.3 is 0 Å². The Kier molecular flexibility index (Phi) is 8.59.